The molecule has 0 spiro atoms. The number of aromatic nitrogens is 2. The van der Waals surface area contributed by atoms with Crippen molar-refractivity contribution in [3.63, 3.8) is 0 Å². The third-order valence-corrected chi connectivity index (χ3v) is 5.45. The monoisotopic (exact) mass is 428 g/mol. The minimum atomic E-state index is -0.332. The van der Waals surface area contributed by atoms with E-state index in [9.17, 15) is 9.59 Å². The van der Waals surface area contributed by atoms with Crippen molar-refractivity contribution >= 4 is 23.4 Å². The van der Waals surface area contributed by atoms with Crippen molar-refractivity contribution < 1.29 is 14.0 Å². The van der Waals surface area contributed by atoms with Crippen LogP contribution < -0.4 is 0 Å². The minimum Gasteiger partial charge on any atom is -0.459 e. The number of furan rings is 1. The molecule has 0 saturated heterocycles. The van der Waals surface area contributed by atoms with Gasteiger partial charge in [0.1, 0.15) is 0 Å². The van der Waals surface area contributed by atoms with Gasteiger partial charge >= 0.3 is 0 Å². The molecule has 0 bridgehead atoms. The number of halogens is 1. The summed E-state index contributed by atoms with van der Waals surface area (Å²) in [4.78, 5) is 27.9. The average Bonchev–Trinajstić information content (AvgIpc) is 3.33. The first-order chi connectivity index (χ1) is 14.3. The molecule has 30 heavy (non-hydrogen) atoms. The summed E-state index contributed by atoms with van der Waals surface area (Å²) in [6.07, 6.45) is 1.43. The molecular formula is C22H25ClN4O3. The third-order valence-electron chi connectivity index (χ3n) is 5.08. The maximum Gasteiger partial charge on any atom is 0.289 e. The molecule has 1 aromatic carbocycles. The molecule has 0 aliphatic rings. The van der Waals surface area contributed by atoms with Crippen molar-refractivity contribution in [2.24, 2.45) is 0 Å². The van der Waals surface area contributed by atoms with Gasteiger partial charge in [-0.25, -0.2) is 0 Å². The molecule has 0 aliphatic carbocycles. The highest BCUT2D eigenvalue weighted by atomic mass is 35.5. The number of likely N-dealkylation sites (N-methyl/N-ethyl adjacent to an activating group) is 2. The fourth-order valence-electron chi connectivity index (χ4n) is 3.21. The van der Waals surface area contributed by atoms with Crippen LogP contribution in [0.2, 0.25) is 5.02 Å². The van der Waals surface area contributed by atoms with Crippen molar-refractivity contribution in [1.82, 2.24) is 19.6 Å². The summed E-state index contributed by atoms with van der Waals surface area (Å²) in [6, 6.07) is 10.9. The number of rotatable bonds is 7. The summed E-state index contributed by atoms with van der Waals surface area (Å²) in [6.45, 7) is 4.83. The largest absolute Gasteiger partial charge is 0.459 e. The lowest BCUT2D eigenvalue weighted by atomic mass is 10.1. The molecule has 3 aromatic rings. The van der Waals surface area contributed by atoms with Crippen molar-refractivity contribution in [3.8, 4) is 0 Å². The average molecular weight is 429 g/mol. The van der Waals surface area contributed by atoms with Gasteiger partial charge in [0, 0.05) is 36.9 Å². The Morgan fingerprint density at radius 3 is 2.50 bits per heavy atom. The van der Waals surface area contributed by atoms with E-state index in [1.54, 1.807) is 31.1 Å². The molecule has 2 aromatic heterocycles. The van der Waals surface area contributed by atoms with Crippen LogP contribution in [0.25, 0.3) is 0 Å². The second-order valence-corrected chi connectivity index (χ2v) is 7.69. The van der Waals surface area contributed by atoms with E-state index in [0.717, 1.165) is 22.5 Å². The van der Waals surface area contributed by atoms with E-state index in [1.807, 2.05) is 42.8 Å². The Hall–Kier alpha value is -3.06. The first-order valence-corrected chi connectivity index (χ1v) is 9.95. The quantitative estimate of drug-likeness (QED) is 0.577. The zero-order valence-corrected chi connectivity index (χ0v) is 18.3. The number of hydrogen-bond acceptors (Lipinski definition) is 4. The Bertz CT molecular complexity index is 1040. The van der Waals surface area contributed by atoms with E-state index in [4.69, 9.17) is 16.0 Å². The smallest absolute Gasteiger partial charge is 0.289 e. The van der Waals surface area contributed by atoms with Gasteiger partial charge in [-0.3, -0.25) is 14.3 Å². The predicted molar refractivity (Wildman–Crippen MR) is 114 cm³/mol. The van der Waals surface area contributed by atoms with Gasteiger partial charge in [-0.15, -0.1) is 0 Å². The zero-order valence-electron chi connectivity index (χ0n) is 17.6. The van der Waals surface area contributed by atoms with Gasteiger partial charge in [0.15, 0.2) is 5.76 Å². The highest BCUT2D eigenvalue weighted by molar-refractivity contribution is 6.31. The SMILES string of the molecule is Cc1nn(Cc2ccccc2Cl)c(C)c1CN(C)C(=O)CN(C)C(=O)c1ccco1. The number of aryl methyl sites for hydroxylation is 1. The fraction of sp³-hybridized carbons (Fsp3) is 0.318. The summed E-state index contributed by atoms with van der Waals surface area (Å²) in [5.74, 6) is -0.294. The van der Waals surface area contributed by atoms with Crippen molar-refractivity contribution in [2.75, 3.05) is 20.6 Å². The Morgan fingerprint density at radius 2 is 1.83 bits per heavy atom. The Morgan fingerprint density at radius 1 is 1.10 bits per heavy atom. The summed E-state index contributed by atoms with van der Waals surface area (Å²) in [7, 11) is 3.30. The lowest BCUT2D eigenvalue weighted by Crippen LogP contribution is -2.39. The van der Waals surface area contributed by atoms with Crippen LogP contribution in [0.3, 0.4) is 0 Å². The van der Waals surface area contributed by atoms with Gasteiger partial charge in [0.2, 0.25) is 5.91 Å². The molecule has 0 unspecified atom stereocenters. The maximum absolute atomic E-state index is 12.7. The summed E-state index contributed by atoms with van der Waals surface area (Å²) in [5.41, 5.74) is 3.81. The molecule has 0 N–H and O–H groups in total. The molecule has 8 heteroatoms. The molecule has 0 radical (unpaired) electrons. The molecule has 0 saturated carbocycles. The van der Waals surface area contributed by atoms with Gasteiger partial charge in [0.25, 0.3) is 5.91 Å². The Kier molecular flexibility index (Phi) is 6.62. The molecule has 2 heterocycles. The summed E-state index contributed by atoms with van der Waals surface area (Å²) < 4.78 is 7.01. The highest BCUT2D eigenvalue weighted by Crippen LogP contribution is 2.20. The van der Waals surface area contributed by atoms with Crippen LogP contribution in [-0.2, 0) is 17.9 Å². The lowest BCUT2D eigenvalue weighted by Gasteiger charge is -2.22. The van der Waals surface area contributed by atoms with Gasteiger partial charge in [-0.05, 0) is 37.6 Å². The summed E-state index contributed by atoms with van der Waals surface area (Å²) in [5, 5.41) is 5.32. The van der Waals surface area contributed by atoms with E-state index in [0.29, 0.717) is 18.1 Å². The number of nitrogens with zero attached hydrogens (tertiary/aromatic N) is 4. The van der Waals surface area contributed by atoms with Crippen LogP contribution in [-0.4, -0.2) is 52.0 Å². The molecule has 2 amide bonds. The second-order valence-electron chi connectivity index (χ2n) is 7.29. The zero-order chi connectivity index (χ0) is 21.8. The molecule has 0 fully saturated rings. The van der Waals surface area contributed by atoms with Crippen LogP contribution in [0.15, 0.2) is 47.1 Å². The molecule has 3 rings (SSSR count). The third kappa shape index (κ3) is 4.74. The Balaban J connectivity index is 1.66. The van der Waals surface area contributed by atoms with E-state index in [-0.39, 0.29) is 24.1 Å². The van der Waals surface area contributed by atoms with E-state index >= 15 is 0 Å². The maximum atomic E-state index is 12.7. The van der Waals surface area contributed by atoms with E-state index in [1.165, 1.54) is 11.2 Å². The van der Waals surface area contributed by atoms with Crippen LogP contribution in [0.4, 0.5) is 0 Å². The van der Waals surface area contributed by atoms with Crippen molar-refractivity contribution in [3.05, 3.63) is 76.0 Å². The van der Waals surface area contributed by atoms with Crippen LogP contribution >= 0.6 is 11.6 Å². The topological polar surface area (TPSA) is 71.6 Å². The van der Waals surface area contributed by atoms with Gasteiger partial charge in [-0.2, -0.15) is 5.10 Å². The standard InChI is InChI=1S/C22H25ClN4O3/c1-15-18(16(2)27(24-15)12-17-8-5-6-9-19(17)23)13-25(3)21(28)14-26(4)22(29)20-10-7-11-30-20/h5-11H,12-14H2,1-4H3. The number of carbonyl (C=O) groups excluding carboxylic acids is 2. The van der Waals surface area contributed by atoms with Crippen LogP contribution in [0.5, 0.6) is 0 Å². The van der Waals surface area contributed by atoms with Gasteiger partial charge in [-0.1, -0.05) is 29.8 Å². The van der Waals surface area contributed by atoms with E-state index in [2.05, 4.69) is 5.10 Å². The van der Waals surface area contributed by atoms with Gasteiger partial charge < -0.3 is 14.2 Å². The van der Waals surface area contributed by atoms with Crippen LogP contribution in [0, 0.1) is 13.8 Å². The number of hydrogen-bond donors (Lipinski definition) is 0. The predicted octanol–water partition coefficient (Wildman–Crippen LogP) is 3.53. The van der Waals surface area contributed by atoms with E-state index < -0.39 is 0 Å². The Labute approximate surface area is 180 Å². The van der Waals surface area contributed by atoms with Crippen LogP contribution in [0.1, 0.15) is 33.1 Å². The molecular weight excluding hydrogens is 404 g/mol. The normalized spacial score (nSPS) is 10.8. The number of carbonyl (C=O) groups is 2. The molecule has 0 atom stereocenters. The number of amides is 2. The number of benzene rings is 1. The fourth-order valence-corrected chi connectivity index (χ4v) is 3.41. The first-order valence-electron chi connectivity index (χ1n) is 9.57. The van der Waals surface area contributed by atoms with Gasteiger partial charge in [0.05, 0.1) is 25.0 Å². The van der Waals surface area contributed by atoms with Crippen molar-refractivity contribution in [2.45, 2.75) is 26.9 Å². The molecule has 0 aliphatic heterocycles. The highest BCUT2D eigenvalue weighted by Gasteiger charge is 2.21. The first kappa shape index (κ1) is 21.6. The second kappa shape index (κ2) is 9.17. The summed E-state index contributed by atoms with van der Waals surface area (Å²) >= 11 is 6.28. The molecule has 7 nitrogen and oxygen atoms in total. The lowest BCUT2D eigenvalue weighted by molar-refractivity contribution is -0.130. The van der Waals surface area contributed by atoms with Crippen molar-refractivity contribution in [1.29, 1.82) is 0 Å². The molecule has 158 valence electrons. The minimum absolute atomic E-state index is 0.0398.